The third kappa shape index (κ3) is 4.50. The van der Waals surface area contributed by atoms with E-state index in [9.17, 15) is 9.59 Å². The number of benzene rings is 1. The minimum atomic E-state index is -0.442. The summed E-state index contributed by atoms with van der Waals surface area (Å²) in [5.74, 6) is -0.680. The molecule has 1 aromatic carbocycles. The number of carbonyl (C=O) groups excluding carboxylic acids is 2. The Morgan fingerprint density at radius 2 is 1.67 bits per heavy atom. The third-order valence-electron chi connectivity index (χ3n) is 2.25. The van der Waals surface area contributed by atoms with Crippen LogP contribution in [-0.2, 0) is 9.59 Å². The van der Waals surface area contributed by atoms with Gasteiger partial charge in [0.2, 0.25) is 17.0 Å². The molecule has 1 heterocycles. The molecule has 21 heavy (non-hydrogen) atoms. The van der Waals surface area contributed by atoms with E-state index in [-0.39, 0.29) is 11.5 Å². The first-order valence-electron chi connectivity index (χ1n) is 5.91. The Balaban J connectivity index is 2.27. The van der Waals surface area contributed by atoms with Crippen LogP contribution < -0.4 is 11.5 Å². The lowest BCUT2D eigenvalue weighted by molar-refractivity contribution is -0.116. The van der Waals surface area contributed by atoms with Gasteiger partial charge in [-0.3, -0.25) is 9.59 Å². The summed E-state index contributed by atoms with van der Waals surface area (Å²) < 4.78 is 1.61. The Bertz CT molecular complexity index is 644. The molecule has 0 unspecified atom stereocenters. The summed E-state index contributed by atoms with van der Waals surface area (Å²) in [7, 11) is 0. The largest absolute Gasteiger partial charge is 0.369 e. The molecular weight excluding hydrogens is 310 g/mol. The van der Waals surface area contributed by atoms with Crippen molar-refractivity contribution >= 4 is 35.3 Å². The van der Waals surface area contributed by atoms with Crippen LogP contribution in [0.5, 0.6) is 0 Å². The van der Waals surface area contributed by atoms with Gasteiger partial charge in [0.1, 0.15) is 0 Å². The van der Waals surface area contributed by atoms with Crippen LogP contribution in [0.25, 0.3) is 5.69 Å². The number of amides is 2. The van der Waals surface area contributed by atoms with Crippen molar-refractivity contribution in [3.63, 3.8) is 0 Å². The van der Waals surface area contributed by atoms with Gasteiger partial charge in [-0.15, -0.1) is 5.10 Å². The predicted molar refractivity (Wildman–Crippen MR) is 81.2 cm³/mol. The number of aromatic nitrogens is 3. The third-order valence-corrected chi connectivity index (χ3v) is 4.06. The van der Waals surface area contributed by atoms with E-state index >= 15 is 0 Å². The van der Waals surface area contributed by atoms with Crippen LogP contribution in [0.1, 0.15) is 0 Å². The summed E-state index contributed by atoms with van der Waals surface area (Å²) in [5, 5.41) is 5.27. The van der Waals surface area contributed by atoms with Gasteiger partial charge in [0.05, 0.1) is 17.2 Å². The Labute approximate surface area is 129 Å². The molecule has 0 bridgehead atoms. The quantitative estimate of drug-likeness (QED) is 0.713. The maximum absolute atomic E-state index is 10.9. The molecule has 1 aromatic heterocycles. The maximum Gasteiger partial charge on any atom is 0.227 e. The minimum Gasteiger partial charge on any atom is -0.369 e. The molecule has 7 nitrogen and oxygen atoms in total. The van der Waals surface area contributed by atoms with Gasteiger partial charge in [-0.25, -0.2) is 4.68 Å². The van der Waals surface area contributed by atoms with Gasteiger partial charge in [0.15, 0.2) is 5.16 Å². The van der Waals surface area contributed by atoms with Gasteiger partial charge in [-0.2, -0.15) is 4.98 Å². The smallest absolute Gasteiger partial charge is 0.227 e. The molecule has 0 aliphatic carbocycles. The molecule has 2 amide bonds. The molecule has 110 valence electrons. The van der Waals surface area contributed by atoms with Gasteiger partial charge in [0.25, 0.3) is 0 Å². The van der Waals surface area contributed by atoms with Crippen molar-refractivity contribution in [2.45, 2.75) is 10.3 Å². The van der Waals surface area contributed by atoms with Gasteiger partial charge in [0, 0.05) is 0 Å². The zero-order chi connectivity index (χ0) is 15.2. The van der Waals surface area contributed by atoms with Crippen LogP contribution in [0.15, 0.2) is 40.6 Å². The second kappa shape index (κ2) is 7.14. The van der Waals surface area contributed by atoms with E-state index in [0.717, 1.165) is 17.4 Å². The molecular formula is C12H13N5O2S2. The summed E-state index contributed by atoms with van der Waals surface area (Å²) >= 11 is 2.34. The summed E-state index contributed by atoms with van der Waals surface area (Å²) in [6.45, 7) is 0. The number of hydrogen-bond donors (Lipinski definition) is 2. The topological polar surface area (TPSA) is 117 Å². The number of nitrogens with zero attached hydrogens (tertiary/aromatic N) is 3. The van der Waals surface area contributed by atoms with E-state index in [2.05, 4.69) is 10.1 Å². The maximum atomic E-state index is 10.9. The molecule has 0 saturated carbocycles. The second-order valence-electron chi connectivity index (χ2n) is 3.93. The average Bonchev–Trinajstić information content (AvgIpc) is 2.87. The molecule has 0 saturated heterocycles. The van der Waals surface area contributed by atoms with Gasteiger partial charge < -0.3 is 11.5 Å². The van der Waals surface area contributed by atoms with Crippen LogP contribution in [-0.4, -0.2) is 38.1 Å². The van der Waals surface area contributed by atoms with Crippen molar-refractivity contribution < 1.29 is 9.59 Å². The van der Waals surface area contributed by atoms with E-state index in [1.165, 1.54) is 11.8 Å². The summed E-state index contributed by atoms with van der Waals surface area (Å²) in [6.07, 6.45) is 0. The van der Waals surface area contributed by atoms with Crippen molar-refractivity contribution in [1.82, 2.24) is 14.8 Å². The molecule has 0 atom stereocenters. The Morgan fingerprint density at radius 3 is 2.29 bits per heavy atom. The predicted octanol–water partition coefficient (Wildman–Crippen LogP) is 0.422. The summed E-state index contributed by atoms with van der Waals surface area (Å²) in [6, 6.07) is 9.36. The summed E-state index contributed by atoms with van der Waals surface area (Å²) in [4.78, 5) is 26.0. The van der Waals surface area contributed by atoms with Crippen LogP contribution in [0.4, 0.5) is 0 Å². The number of para-hydroxylation sites is 1. The average molecular weight is 323 g/mol. The monoisotopic (exact) mass is 323 g/mol. The minimum absolute atomic E-state index is 0.0960. The number of thioether (sulfide) groups is 2. The molecule has 0 aliphatic rings. The van der Waals surface area contributed by atoms with E-state index in [1.54, 1.807) is 4.68 Å². The first kappa shape index (κ1) is 15.4. The zero-order valence-electron chi connectivity index (χ0n) is 10.9. The van der Waals surface area contributed by atoms with E-state index in [1.807, 2.05) is 30.3 Å². The fourth-order valence-electron chi connectivity index (χ4n) is 1.44. The van der Waals surface area contributed by atoms with Crippen molar-refractivity contribution in [2.24, 2.45) is 11.5 Å². The molecule has 0 radical (unpaired) electrons. The van der Waals surface area contributed by atoms with Crippen molar-refractivity contribution in [3.05, 3.63) is 30.3 Å². The molecule has 9 heteroatoms. The lowest BCUT2D eigenvalue weighted by Gasteiger charge is -2.03. The molecule has 2 rings (SSSR count). The first-order valence-corrected chi connectivity index (χ1v) is 7.88. The molecule has 2 aromatic rings. The Kier molecular flexibility index (Phi) is 5.23. The highest BCUT2D eigenvalue weighted by Crippen LogP contribution is 2.23. The van der Waals surface area contributed by atoms with Crippen LogP contribution >= 0.6 is 23.5 Å². The lowest BCUT2D eigenvalue weighted by atomic mass is 10.3. The van der Waals surface area contributed by atoms with Gasteiger partial charge >= 0.3 is 0 Å². The number of rotatable bonds is 7. The Morgan fingerprint density at radius 1 is 1.05 bits per heavy atom. The standard InChI is InChI=1S/C12H13N5O2S2/c13-9(18)6-20-11-15-12(21-7-10(14)19)17(16-11)8-4-2-1-3-5-8/h1-5H,6-7H2,(H2,13,18)(H2,14,19). The van der Waals surface area contributed by atoms with Gasteiger partial charge in [-0.1, -0.05) is 41.7 Å². The number of nitrogens with two attached hydrogens (primary N) is 2. The van der Waals surface area contributed by atoms with E-state index in [4.69, 9.17) is 11.5 Å². The van der Waals surface area contributed by atoms with E-state index < -0.39 is 11.8 Å². The Hall–Kier alpha value is -2.00. The SMILES string of the molecule is NC(=O)CSc1nc(SCC(N)=O)n(-c2ccccc2)n1. The molecule has 0 aliphatic heterocycles. The fourth-order valence-corrected chi connectivity index (χ4v) is 2.75. The van der Waals surface area contributed by atoms with Crippen molar-refractivity contribution in [1.29, 1.82) is 0 Å². The summed E-state index contributed by atoms with van der Waals surface area (Å²) in [5.41, 5.74) is 11.1. The fraction of sp³-hybridized carbons (Fsp3) is 0.167. The molecule has 0 fully saturated rings. The van der Waals surface area contributed by atoms with Crippen LogP contribution in [0.2, 0.25) is 0 Å². The van der Waals surface area contributed by atoms with Crippen LogP contribution in [0.3, 0.4) is 0 Å². The van der Waals surface area contributed by atoms with Crippen LogP contribution in [0, 0.1) is 0 Å². The van der Waals surface area contributed by atoms with Gasteiger partial charge in [-0.05, 0) is 12.1 Å². The van der Waals surface area contributed by atoms with Crippen molar-refractivity contribution in [2.75, 3.05) is 11.5 Å². The lowest BCUT2D eigenvalue weighted by Crippen LogP contribution is -2.13. The second-order valence-corrected chi connectivity index (χ2v) is 5.82. The highest BCUT2D eigenvalue weighted by Gasteiger charge is 2.14. The highest BCUT2D eigenvalue weighted by atomic mass is 32.2. The number of hydrogen-bond acceptors (Lipinski definition) is 6. The first-order chi connectivity index (χ1) is 10.1. The molecule has 0 spiro atoms. The number of carbonyl (C=O) groups is 2. The van der Waals surface area contributed by atoms with E-state index in [0.29, 0.717) is 10.3 Å². The normalized spacial score (nSPS) is 10.5. The van der Waals surface area contributed by atoms with Crippen molar-refractivity contribution in [3.8, 4) is 5.69 Å². The molecule has 4 N–H and O–H groups in total. The zero-order valence-corrected chi connectivity index (χ0v) is 12.6. The number of primary amides is 2. The highest BCUT2D eigenvalue weighted by molar-refractivity contribution is 8.00.